The third kappa shape index (κ3) is 3.82. The van der Waals surface area contributed by atoms with E-state index in [1.54, 1.807) is 24.4 Å². The summed E-state index contributed by atoms with van der Waals surface area (Å²) in [6.45, 7) is 3.55. The molecule has 2 aromatic heterocycles. The number of halogens is 1. The van der Waals surface area contributed by atoms with Gasteiger partial charge in [-0.15, -0.1) is 11.3 Å². The number of hydrogen-bond donors (Lipinski definition) is 0. The van der Waals surface area contributed by atoms with Crippen LogP contribution in [0, 0.1) is 0 Å². The molecule has 0 radical (unpaired) electrons. The van der Waals surface area contributed by atoms with Gasteiger partial charge in [-0.1, -0.05) is 18.5 Å². The summed E-state index contributed by atoms with van der Waals surface area (Å²) in [7, 11) is -3.55. The van der Waals surface area contributed by atoms with Gasteiger partial charge in [0.1, 0.15) is 11.4 Å². The molecular weight excluding hydrogens is 424 g/mol. The van der Waals surface area contributed by atoms with Crippen molar-refractivity contribution < 1.29 is 22.7 Å². The van der Waals surface area contributed by atoms with Gasteiger partial charge in [-0.25, -0.2) is 13.4 Å². The Balaban J connectivity index is 2.15. The number of thiazole rings is 1. The number of carbonyl (C=O) groups is 2. The van der Waals surface area contributed by atoms with Crippen molar-refractivity contribution in [3.05, 3.63) is 40.0 Å². The zero-order valence-electron chi connectivity index (χ0n) is 15.1. The Kier molecular flexibility index (Phi) is 5.87. The first-order valence-electron chi connectivity index (χ1n) is 8.45. The second-order valence-electron chi connectivity index (χ2n) is 5.84. The smallest absolute Gasteiger partial charge is 0.311 e. The summed E-state index contributed by atoms with van der Waals surface area (Å²) in [4.78, 5) is 29.2. The van der Waals surface area contributed by atoms with Gasteiger partial charge in [0.05, 0.1) is 23.7 Å². The summed E-state index contributed by atoms with van der Waals surface area (Å²) in [6, 6.07) is 4.40. The molecule has 28 heavy (non-hydrogen) atoms. The molecule has 0 saturated carbocycles. The maximum Gasteiger partial charge on any atom is 0.311 e. The highest BCUT2D eigenvalue weighted by atomic mass is 35.5. The number of sulfone groups is 1. The van der Waals surface area contributed by atoms with Crippen molar-refractivity contribution in [1.29, 1.82) is 0 Å². The summed E-state index contributed by atoms with van der Waals surface area (Å²) in [5, 5.41) is 0.334. The summed E-state index contributed by atoms with van der Waals surface area (Å²) in [6.07, 6.45) is 2.32. The zero-order valence-corrected chi connectivity index (χ0v) is 17.5. The number of esters is 1. The molecule has 2 heterocycles. The second kappa shape index (κ2) is 8.02. The van der Waals surface area contributed by atoms with Crippen LogP contribution in [0.3, 0.4) is 0 Å². The minimum Gasteiger partial charge on any atom is -0.466 e. The number of nitrogens with zero attached hydrogens (tertiary/aromatic N) is 2. The lowest BCUT2D eigenvalue weighted by Crippen LogP contribution is -2.07. The lowest BCUT2D eigenvalue weighted by atomic mass is 10.1. The van der Waals surface area contributed by atoms with Crippen LogP contribution < -0.4 is 0 Å². The lowest BCUT2D eigenvalue weighted by Gasteiger charge is -2.09. The second-order valence-corrected chi connectivity index (χ2v) is 9.62. The molecule has 1 aromatic carbocycles. The van der Waals surface area contributed by atoms with Crippen molar-refractivity contribution >= 4 is 50.0 Å². The number of imidazole rings is 1. The number of ether oxygens (including phenoxy) is 1. The van der Waals surface area contributed by atoms with Crippen molar-refractivity contribution in [2.45, 2.75) is 25.2 Å². The van der Waals surface area contributed by atoms with E-state index in [4.69, 9.17) is 16.3 Å². The van der Waals surface area contributed by atoms with E-state index >= 15 is 0 Å². The van der Waals surface area contributed by atoms with E-state index in [9.17, 15) is 18.0 Å². The fourth-order valence-corrected chi connectivity index (χ4v) is 4.99. The van der Waals surface area contributed by atoms with Gasteiger partial charge < -0.3 is 4.74 Å². The highest BCUT2D eigenvalue weighted by molar-refractivity contribution is 7.91. The number of hydrogen-bond acceptors (Lipinski definition) is 7. The van der Waals surface area contributed by atoms with Crippen LogP contribution in [0.25, 0.3) is 16.2 Å². The predicted molar refractivity (Wildman–Crippen MR) is 107 cm³/mol. The van der Waals surface area contributed by atoms with Gasteiger partial charge in [0.15, 0.2) is 21.1 Å². The average Bonchev–Trinajstić information content (AvgIpc) is 3.18. The molecule has 0 saturated heterocycles. The van der Waals surface area contributed by atoms with Gasteiger partial charge in [-0.3, -0.25) is 14.0 Å². The molecule has 3 aromatic rings. The minimum absolute atomic E-state index is 0.0694. The van der Waals surface area contributed by atoms with Gasteiger partial charge in [0.25, 0.3) is 0 Å². The van der Waals surface area contributed by atoms with Gasteiger partial charge in [0.2, 0.25) is 0 Å². The summed E-state index contributed by atoms with van der Waals surface area (Å²) in [5.74, 6) is -0.463. The Morgan fingerprint density at radius 2 is 2.11 bits per heavy atom. The van der Waals surface area contributed by atoms with E-state index in [2.05, 4.69) is 4.98 Å². The number of aromatic nitrogens is 2. The monoisotopic (exact) mass is 440 g/mol. The number of carbonyl (C=O) groups excluding carboxylic acids is 2. The van der Waals surface area contributed by atoms with E-state index in [-0.39, 0.29) is 46.6 Å². The minimum atomic E-state index is -3.55. The zero-order chi connectivity index (χ0) is 20.5. The first-order valence-corrected chi connectivity index (χ1v) is 11.3. The van der Waals surface area contributed by atoms with E-state index in [0.29, 0.717) is 21.1 Å². The molecule has 0 N–H and O–H groups in total. The molecule has 0 bridgehead atoms. The first-order chi connectivity index (χ1) is 13.3. The van der Waals surface area contributed by atoms with Gasteiger partial charge in [-0.05, 0) is 25.1 Å². The third-order valence-corrected chi connectivity index (χ3v) is 7.06. The Morgan fingerprint density at radius 3 is 2.75 bits per heavy atom. The van der Waals surface area contributed by atoms with Crippen LogP contribution in [0.1, 0.15) is 29.2 Å². The molecule has 0 aliphatic rings. The van der Waals surface area contributed by atoms with Crippen LogP contribution in [-0.4, -0.2) is 42.4 Å². The van der Waals surface area contributed by atoms with Crippen LogP contribution >= 0.6 is 22.9 Å². The number of rotatable bonds is 7. The van der Waals surface area contributed by atoms with Crippen molar-refractivity contribution in [2.75, 3.05) is 12.4 Å². The molecular formula is C18H17ClN2O5S2. The maximum atomic E-state index is 12.5. The van der Waals surface area contributed by atoms with Gasteiger partial charge in [0, 0.05) is 21.7 Å². The third-order valence-electron chi connectivity index (χ3n) is 4.06. The van der Waals surface area contributed by atoms with Crippen LogP contribution in [0.5, 0.6) is 0 Å². The molecule has 7 nitrogen and oxygen atoms in total. The Labute approximate surface area is 170 Å². The van der Waals surface area contributed by atoms with E-state index < -0.39 is 9.84 Å². The molecule has 10 heteroatoms. The van der Waals surface area contributed by atoms with Crippen LogP contribution in [0.4, 0.5) is 0 Å². The highest BCUT2D eigenvalue weighted by Crippen LogP contribution is 2.34. The highest BCUT2D eigenvalue weighted by Gasteiger charge is 2.24. The van der Waals surface area contributed by atoms with Crippen molar-refractivity contribution in [3.8, 4) is 11.3 Å². The fourth-order valence-electron chi connectivity index (χ4n) is 2.77. The molecule has 148 valence electrons. The van der Waals surface area contributed by atoms with Gasteiger partial charge >= 0.3 is 5.97 Å². The van der Waals surface area contributed by atoms with Crippen LogP contribution in [0.2, 0.25) is 5.02 Å². The topological polar surface area (TPSA) is 94.8 Å². The molecule has 0 amide bonds. The standard InChI is InChI=1S/C18H17ClN2O5S2/c1-3-26-16(23)8-12-9-21-14(10-22)17(20-18(21)27-12)13-7-11(19)5-6-15(13)28(24,25)4-2/h5-7,9-10H,3-4,8H2,1-2H3. The Hall–Kier alpha value is -2.23. The van der Waals surface area contributed by atoms with E-state index in [1.165, 1.54) is 29.5 Å². The largest absolute Gasteiger partial charge is 0.466 e. The maximum absolute atomic E-state index is 12.5. The van der Waals surface area contributed by atoms with E-state index in [1.807, 2.05) is 0 Å². The molecule has 0 unspecified atom stereocenters. The van der Waals surface area contributed by atoms with E-state index in [0.717, 1.165) is 0 Å². The summed E-state index contributed by atoms with van der Waals surface area (Å²) < 4.78 is 31.4. The SMILES string of the molecule is CCOC(=O)Cc1cn2c(C=O)c(-c3cc(Cl)ccc3S(=O)(=O)CC)nc2s1. The number of benzene rings is 1. The lowest BCUT2D eigenvalue weighted by molar-refractivity contribution is -0.142. The molecule has 3 rings (SSSR count). The van der Waals surface area contributed by atoms with Crippen LogP contribution in [0.15, 0.2) is 29.3 Å². The molecule has 0 atom stereocenters. The normalized spacial score (nSPS) is 11.7. The molecule has 0 spiro atoms. The van der Waals surface area contributed by atoms with Crippen molar-refractivity contribution in [1.82, 2.24) is 9.38 Å². The first kappa shape index (κ1) is 20.5. The van der Waals surface area contributed by atoms with Crippen LogP contribution in [-0.2, 0) is 25.8 Å². The fraction of sp³-hybridized carbons (Fsp3) is 0.278. The quantitative estimate of drug-likeness (QED) is 0.412. The molecule has 0 fully saturated rings. The summed E-state index contributed by atoms with van der Waals surface area (Å²) in [5.41, 5.74) is 0.703. The number of fused-ring (bicyclic) bond motifs is 1. The molecule has 0 aliphatic heterocycles. The van der Waals surface area contributed by atoms with Gasteiger partial charge in [-0.2, -0.15) is 0 Å². The van der Waals surface area contributed by atoms with Crippen molar-refractivity contribution in [2.24, 2.45) is 0 Å². The molecule has 0 aliphatic carbocycles. The Morgan fingerprint density at radius 1 is 1.36 bits per heavy atom. The Bertz CT molecular complexity index is 1160. The number of aldehydes is 1. The summed E-state index contributed by atoms with van der Waals surface area (Å²) >= 11 is 7.30. The predicted octanol–water partition coefficient (Wildman–Crippen LogP) is 3.43. The average molecular weight is 441 g/mol. The van der Waals surface area contributed by atoms with Crippen molar-refractivity contribution in [3.63, 3.8) is 0 Å².